The molecule has 0 aromatic heterocycles. The second-order valence-electron chi connectivity index (χ2n) is 9.84. The lowest BCUT2D eigenvalue weighted by Crippen LogP contribution is -2.60. The van der Waals surface area contributed by atoms with Gasteiger partial charge in [0.2, 0.25) is 0 Å². The molecule has 10 nitrogen and oxygen atoms in total. The summed E-state index contributed by atoms with van der Waals surface area (Å²) in [5, 5.41) is 30.6. The first-order valence-electron chi connectivity index (χ1n) is 10.9. The Balaban J connectivity index is 1.70. The molecule has 3 aliphatic rings. The maximum Gasteiger partial charge on any atom is 0.397 e. The predicted molar refractivity (Wildman–Crippen MR) is 112 cm³/mol. The summed E-state index contributed by atoms with van der Waals surface area (Å²) in [5.41, 5.74) is 1.89. The van der Waals surface area contributed by atoms with Crippen molar-refractivity contribution in [3.63, 3.8) is 0 Å². The van der Waals surface area contributed by atoms with Crippen LogP contribution in [0.5, 0.6) is 0 Å². The van der Waals surface area contributed by atoms with E-state index >= 15 is 0 Å². The van der Waals surface area contributed by atoms with Crippen molar-refractivity contribution in [3.05, 3.63) is 11.1 Å². The van der Waals surface area contributed by atoms with Gasteiger partial charge in [0.1, 0.15) is 24.4 Å². The van der Waals surface area contributed by atoms with Crippen molar-refractivity contribution >= 4 is 16.2 Å². The van der Waals surface area contributed by atoms with Crippen LogP contribution >= 0.6 is 0 Å². The second kappa shape index (κ2) is 9.38. The van der Waals surface area contributed by atoms with E-state index in [1.807, 2.05) is 13.8 Å². The van der Waals surface area contributed by atoms with Gasteiger partial charge in [-0.25, -0.2) is 4.18 Å². The first kappa shape index (κ1) is 25.7. The first-order chi connectivity index (χ1) is 14.7. The minimum Gasteiger partial charge on any atom is -0.387 e. The number of carbonyl (C=O) groups excluding carboxylic acids is 1. The number of ketones is 1. The molecular weight excluding hydrogens is 444 g/mol. The van der Waals surface area contributed by atoms with Gasteiger partial charge in [0.15, 0.2) is 12.1 Å². The Morgan fingerprint density at radius 1 is 1.16 bits per heavy atom. The summed E-state index contributed by atoms with van der Waals surface area (Å²) < 4.78 is 46.1. The predicted octanol–water partition coefficient (Wildman–Crippen LogP) is 0.750. The molecule has 184 valence electrons. The van der Waals surface area contributed by atoms with Crippen molar-refractivity contribution in [1.29, 1.82) is 0 Å². The third-order valence-corrected chi connectivity index (χ3v) is 7.96. The van der Waals surface area contributed by atoms with Crippen molar-refractivity contribution in [2.45, 2.75) is 90.2 Å². The van der Waals surface area contributed by atoms with E-state index in [0.717, 1.165) is 17.6 Å². The molecule has 3 rings (SSSR count). The van der Waals surface area contributed by atoms with E-state index < -0.39 is 47.7 Å². The van der Waals surface area contributed by atoms with Crippen LogP contribution in [-0.2, 0) is 28.9 Å². The van der Waals surface area contributed by atoms with E-state index in [2.05, 4.69) is 18.0 Å². The Labute approximate surface area is 188 Å². The van der Waals surface area contributed by atoms with Crippen LogP contribution in [0.3, 0.4) is 0 Å². The first-order valence-corrected chi connectivity index (χ1v) is 12.3. The molecule has 2 saturated carbocycles. The Hall–Kier alpha value is -0.920. The van der Waals surface area contributed by atoms with Gasteiger partial charge in [0.05, 0.1) is 12.7 Å². The van der Waals surface area contributed by atoms with Crippen molar-refractivity contribution in [2.24, 2.45) is 17.3 Å². The fourth-order valence-corrected chi connectivity index (χ4v) is 5.59. The Morgan fingerprint density at radius 2 is 1.81 bits per heavy atom. The van der Waals surface area contributed by atoms with Gasteiger partial charge in [-0.15, -0.1) is 0 Å². The second-order valence-corrected chi connectivity index (χ2v) is 10.9. The molecule has 0 unspecified atom stereocenters. The normalized spacial score (nSPS) is 43.1. The quantitative estimate of drug-likeness (QED) is 0.252. The average Bonchev–Trinajstić information content (AvgIpc) is 2.68. The van der Waals surface area contributed by atoms with E-state index in [1.165, 1.54) is 0 Å². The molecule has 1 saturated heterocycles. The minimum atomic E-state index is -4.78. The largest absolute Gasteiger partial charge is 0.397 e. The smallest absolute Gasteiger partial charge is 0.387 e. The molecular formula is C21H34O10S. The lowest BCUT2D eigenvalue weighted by Gasteiger charge is -2.52. The van der Waals surface area contributed by atoms with Crippen LogP contribution in [0.25, 0.3) is 0 Å². The molecule has 2 aliphatic carbocycles. The van der Waals surface area contributed by atoms with Crippen LogP contribution in [0.2, 0.25) is 0 Å². The number of rotatable bonds is 5. The number of hydrogen-bond acceptors (Lipinski definition) is 9. The summed E-state index contributed by atoms with van der Waals surface area (Å²) in [6, 6.07) is 0. The topological polar surface area (TPSA) is 160 Å². The number of Topliss-reactive ketones (excluding diaryl/α,β-unsaturated/α-hetero) is 1. The number of aliphatic hydroxyl groups excluding tert-OH is 3. The van der Waals surface area contributed by atoms with Crippen molar-refractivity contribution < 1.29 is 46.7 Å². The molecule has 0 spiro atoms. The van der Waals surface area contributed by atoms with Crippen LogP contribution in [-0.4, -0.2) is 77.5 Å². The van der Waals surface area contributed by atoms with Gasteiger partial charge in [-0.05, 0) is 55.9 Å². The Kier molecular flexibility index (Phi) is 7.53. The highest BCUT2D eigenvalue weighted by Crippen LogP contribution is 2.54. The molecule has 0 amide bonds. The summed E-state index contributed by atoms with van der Waals surface area (Å²) in [6.07, 6.45) is -5.56. The molecule has 0 bridgehead atoms. The Bertz CT molecular complexity index is 851. The zero-order chi connectivity index (χ0) is 24.0. The summed E-state index contributed by atoms with van der Waals surface area (Å²) in [5.74, 6) is 0.445. The highest BCUT2D eigenvalue weighted by molar-refractivity contribution is 7.80. The number of ether oxygens (including phenoxy) is 2. The van der Waals surface area contributed by atoms with E-state index in [0.29, 0.717) is 19.3 Å². The summed E-state index contributed by atoms with van der Waals surface area (Å²) in [7, 11) is -4.78. The van der Waals surface area contributed by atoms with Gasteiger partial charge in [0, 0.05) is 6.42 Å². The maximum atomic E-state index is 12.7. The number of hydrogen-bond donors (Lipinski definition) is 4. The molecule has 3 fully saturated rings. The molecule has 0 aromatic carbocycles. The summed E-state index contributed by atoms with van der Waals surface area (Å²) >= 11 is 0. The molecule has 11 heteroatoms. The summed E-state index contributed by atoms with van der Waals surface area (Å²) in [4.78, 5) is 12.7. The lowest BCUT2D eigenvalue weighted by atomic mass is 9.54. The van der Waals surface area contributed by atoms with Gasteiger partial charge in [0.25, 0.3) is 0 Å². The molecule has 32 heavy (non-hydrogen) atoms. The fraction of sp³-hybridized carbons (Fsp3) is 0.857. The van der Waals surface area contributed by atoms with Crippen LogP contribution in [0.4, 0.5) is 0 Å². The highest BCUT2D eigenvalue weighted by atomic mass is 32.3. The average molecular weight is 479 g/mol. The third-order valence-electron chi connectivity index (χ3n) is 7.53. The molecule has 1 heterocycles. The van der Waals surface area contributed by atoms with E-state index in [9.17, 15) is 28.5 Å². The molecule has 9 atom stereocenters. The minimum absolute atomic E-state index is 0.0615. The van der Waals surface area contributed by atoms with Crippen molar-refractivity contribution in [3.8, 4) is 0 Å². The van der Waals surface area contributed by atoms with Gasteiger partial charge in [-0.3, -0.25) is 9.35 Å². The van der Waals surface area contributed by atoms with Crippen LogP contribution < -0.4 is 0 Å². The van der Waals surface area contributed by atoms with Gasteiger partial charge >= 0.3 is 10.4 Å². The van der Waals surface area contributed by atoms with Gasteiger partial charge in [-0.1, -0.05) is 19.4 Å². The van der Waals surface area contributed by atoms with Crippen LogP contribution in [0.1, 0.15) is 53.4 Å². The fourth-order valence-electron chi connectivity index (χ4n) is 5.29. The summed E-state index contributed by atoms with van der Waals surface area (Å²) in [6.45, 7) is 7.47. The van der Waals surface area contributed by atoms with Crippen molar-refractivity contribution in [2.75, 3.05) is 6.61 Å². The van der Waals surface area contributed by atoms with Gasteiger partial charge < -0.3 is 24.8 Å². The maximum absolute atomic E-state index is 12.7. The number of fused-ring (bicyclic) bond motifs is 1. The van der Waals surface area contributed by atoms with Crippen LogP contribution in [0.15, 0.2) is 11.1 Å². The lowest BCUT2D eigenvalue weighted by molar-refractivity contribution is -0.315. The third kappa shape index (κ3) is 5.25. The zero-order valence-corrected chi connectivity index (χ0v) is 19.6. The van der Waals surface area contributed by atoms with Crippen molar-refractivity contribution in [1.82, 2.24) is 0 Å². The molecule has 0 aromatic rings. The Morgan fingerprint density at radius 3 is 2.41 bits per heavy atom. The molecule has 4 N–H and O–H groups in total. The van der Waals surface area contributed by atoms with E-state index in [-0.39, 0.29) is 29.1 Å². The zero-order valence-electron chi connectivity index (χ0n) is 18.8. The van der Waals surface area contributed by atoms with E-state index in [4.69, 9.17) is 14.0 Å². The molecule has 1 aliphatic heterocycles. The SMILES string of the molecule is CC(C)=C1C[C@@]2(C)[C@@H](CC1=O)C[C@H](O[C@@H]1O[C@H](COS(=O)(=O)O)[C@@H](O)[C@H](O)[C@H]1O)C[C@@H]2C. The van der Waals surface area contributed by atoms with E-state index in [1.54, 1.807) is 0 Å². The number of aliphatic hydroxyl groups is 3. The standard InChI is InChI=1S/C21H34O10S/c1-10(2)14-8-21(4)11(3)5-13(6-12(21)7-15(14)22)30-20-19(25)18(24)17(23)16(31-20)9-29-32(26,27)28/h11-13,16-20,23-25H,5-9H2,1-4H3,(H,26,27,28)/t11-,12+,13+,16+,17+,18-,19+,20+,21+/m0/s1. The molecule has 0 radical (unpaired) electrons. The monoisotopic (exact) mass is 478 g/mol. The van der Waals surface area contributed by atoms with Gasteiger partial charge in [-0.2, -0.15) is 8.42 Å². The number of carbonyl (C=O) groups is 1. The highest BCUT2D eigenvalue weighted by Gasteiger charge is 2.51. The number of allylic oxidation sites excluding steroid dienone is 2. The van der Waals surface area contributed by atoms with Crippen LogP contribution in [0, 0.1) is 17.3 Å².